The molecule has 0 fully saturated rings. The predicted molar refractivity (Wildman–Crippen MR) is 107 cm³/mol. The Hall–Kier alpha value is -2.47. The molecule has 0 unspecified atom stereocenters. The van der Waals surface area contributed by atoms with Crippen molar-refractivity contribution in [3.63, 3.8) is 0 Å². The first-order valence-corrected chi connectivity index (χ1v) is 9.90. The van der Waals surface area contributed by atoms with Gasteiger partial charge in [0.25, 0.3) is 0 Å². The maximum Gasteiger partial charge on any atom is 0.410 e. The first-order chi connectivity index (χ1) is 13.3. The highest BCUT2D eigenvalue weighted by atomic mass is 16.6. The van der Waals surface area contributed by atoms with E-state index >= 15 is 0 Å². The summed E-state index contributed by atoms with van der Waals surface area (Å²) < 4.78 is 5.48. The van der Waals surface area contributed by atoms with Crippen molar-refractivity contribution in [2.45, 2.75) is 65.9 Å². The normalized spacial score (nSPS) is 16.2. The summed E-state index contributed by atoms with van der Waals surface area (Å²) in [6.07, 6.45) is 0.622. The zero-order valence-electron chi connectivity index (χ0n) is 17.2. The van der Waals surface area contributed by atoms with Gasteiger partial charge >= 0.3 is 6.09 Å². The van der Waals surface area contributed by atoms with E-state index in [0.717, 1.165) is 48.7 Å². The van der Waals surface area contributed by atoms with Crippen LogP contribution < -0.4 is 0 Å². The Balaban J connectivity index is 1.34. The van der Waals surface area contributed by atoms with Gasteiger partial charge in [0.15, 0.2) is 0 Å². The second kappa shape index (κ2) is 7.17. The average molecular weight is 380 g/mol. The van der Waals surface area contributed by atoms with Gasteiger partial charge in [-0.25, -0.2) is 4.79 Å². The summed E-state index contributed by atoms with van der Waals surface area (Å²) in [6.45, 7) is 11.6. The lowest BCUT2D eigenvalue weighted by molar-refractivity contribution is 0.0240. The van der Waals surface area contributed by atoms with E-state index in [1.54, 1.807) is 4.90 Å². The van der Waals surface area contributed by atoms with Crippen LogP contribution in [0.25, 0.3) is 0 Å². The highest BCUT2D eigenvalue weighted by molar-refractivity contribution is 5.69. The summed E-state index contributed by atoms with van der Waals surface area (Å²) in [6, 6.07) is 8.46. The predicted octanol–water partition coefficient (Wildman–Crippen LogP) is 3.59. The molecule has 0 spiro atoms. The molecule has 148 valence electrons. The number of rotatable bonds is 3. The molecule has 4 rings (SSSR count). The summed E-state index contributed by atoms with van der Waals surface area (Å²) in [4.78, 5) is 25.9. The van der Waals surface area contributed by atoms with Crippen molar-refractivity contribution in [2.24, 2.45) is 0 Å². The SMILES string of the molecule is Cc1ccc2c(n1)CN(CCc1ccc3c(n1)CN(C(=O)OC(C)(C)C)C3)C2. The number of pyridine rings is 2. The fourth-order valence-electron chi connectivity index (χ4n) is 3.75. The van der Waals surface area contributed by atoms with Gasteiger partial charge < -0.3 is 4.74 Å². The van der Waals surface area contributed by atoms with Crippen LogP contribution in [0.4, 0.5) is 4.79 Å². The number of aromatic nitrogens is 2. The molecule has 0 radical (unpaired) electrons. The van der Waals surface area contributed by atoms with Crippen LogP contribution in [0.5, 0.6) is 0 Å². The fourth-order valence-corrected chi connectivity index (χ4v) is 3.75. The van der Waals surface area contributed by atoms with Gasteiger partial charge in [0.05, 0.1) is 24.5 Å². The fraction of sp³-hybridized carbons (Fsp3) is 0.500. The highest BCUT2D eigenvalue weighted by Crippen LogP contribution is 2.25. The van der Waals surface area contributed by atoms with Crippen LogP contribution >= 0.6 is 0 Å². The zero-order valence-corrected chi connectivity index (χ0v) is 17.2. The molecule has 0 aliphatic carbocycles. The second-order valence-corrected chi connectivity index (χ2v) is 8.76. The van der Waals surface area contributed by atoms with E-state index in [0.29, 0.717) is 13.1 Å². The molecule has 6 nitrogen and oxygen atoms in total. The lowest BCUT2D eigenvalue weighted by Crippen LogP contribution is -2.33. The minimum absolute atomic E-state index is 0.273. The third-order valence-electron chi connectivity index (χ3n) is 5.14. The first kappa shape index (κ1) is 18.9. The van der Waals surface area contributed by atoms with Gasteiger partial charge in [0.2, 0.25) is 0 Å². The van der Waals surface area contributed by atoms with Gasteiger partial charge in [0.1, 0.15) is 5.60 Å². The van der Waals surface area contributed by atoms with Crippen LogP contribution in [0.2, 0.25) is 0 Å². The molecule has 0 saturated heterocycles. The third-order valence-corrected chi connectivity index (χ3v) is 5.14. The van der Waals surface area contributed by atoms with Crippen molar-refractivity contribution >= 4 is 6.09 Å². The van der Waals surface area contributed by atoms with Gasteiger partial charge in [-0.05, 0) is 51.0 Å². The van der Waals surface area contributed by atoms with Crippen molar-refractivity contribution in [3.05, 3.63) is 58.2 Å². The molecule has 0 bridgehead atoms. The van der Waals surface area contributed by atoms with Gasteiger partial charge in [-0.2, -0.15) is 0 Å². The molecule has 2 aliphatic rings. The average Bonchev–Trinajstić information content (AvgIpc) is 3.21. The highest BCUT2D eigenvalue weighted by Gasteiger charge is 2.28. The zero-order chi connectivity index (χ0) is 19.9. The summed E-state index contributed by atoms with van der Waals surface area (Å²) in [5.41, 5.74) is 6.31. The molecule has 4 heterocycles. The van der Waals surface area contributed by atoms with Gasteiger partial charge in [-0.1, -0.05) is 12.1 Å². The monoisotopic (exact) mass is 380 g/mol. The number of carbonyl (C=O) groups excluding carboxylic acids is 1. The van der Waals surface area contributed by atoms with Crippen molar-refractivity contribution in [1.29, 1.82) is 0 Å². The van der Waals surface area contributed by atoms with Crippen molar-refractivity contribution in [3.8, 4) is 0 Å². The molecule has 1 amide bonds. The Labute approximate surface area is 166 Å². The molecule has 6 heteroatoms. The van der Waals surface area contributed by atoms with E-state index < -0.39 is 5.60 Å². The summed E-state index contributed by atoms with van der Waals surface area (Å²) in [5.74, 6) is 0. The Morgan fingerprint density at radius 1 is 1.00 bits per heavy atom. The molecule has 0 atom stereocenters. The molecule has 0 N–H and O–H groups in total. The Morgan fingerprint density at radius 2 is 1.71 bits per heavy atom. The van der Waals surface area contributed by atoms with E-state index in [1.165, 1.54) is 11.3 Å². The lowest BCUT2D eigenvalue weighted by Gasteiger charge is -2.23. The van der Waals surface area contributed by atoms with Crippen LogP contribution in [0.3, 0.4) is 0 Å². The minimum atomic E-state index is -0.481. The van der Waals surface area contributed by atoms with E-state index in [9.17, 15) is 4.79 Å². The van der Waals surface area contributed by atoms with Crippen LogP contribution in [0.15, 0.2) is 24.3 Å². The number of nitrogens with zero attached hydrogens (tertiary/aromatic N) is 4. The third kappa shape index (κ3) is 4.17. The van der Waals surface area contributed by atoms with Crippen LogP contribution in [-0.4, -0.2) is 38.0 Å². The molecule has 0 saturated carbocycles. The van der Waals surface area contributed by atoms with Gasteiger partial charge in [-0.3, -0.25) is 19.8 Å². The smallest absolute Gasteiger partial charge is 0.410 e. The Morgan fingerprint density at radius 3 is 2.50 bits per heavy atom. The Bertz CT molecular complexity index is 904. The summed E-state index contributed by atoms with van der Waals surface area (Å²) in [7, 11) is 0. The van der Waals surface area contributed by atoms with E-state index in [4.69, 9.17) is 9.72 Å². The number of amides is 1. The van der Waals surface area contributed by atoms with E-state index in [-0.39, 0.29) is 6.09 Å². The molecule has 28 heavy (non-hydrogen) atoms. The van der Waals surface area contributed by atoms with Gasteiger partial charge in [-0.15, -0.1) is 0 Å². The topological polar surface area (TPSA) is 58.6 Å². The number of hydrogen-bond acceptors (Lipinski definition) is 5. The minimum Gasteiger partial charge on any atom is -0.444 e. The van der Waals surface area contributed by atoms with E-state index in [1.807, 2.05) is 27.7 Å². The number of aryl methyl sites for hydroxylation is 1. The number of carbonyl (C=O) groups is 1. The second-order valence-electron chi connectivity index (χ2n) is 8.76. The van der Waals surface area contributed by atoms with Crippen molar-refractivity contribution < 1.29 is 9.53 Å². The molecular weight excluding hydrogens is 352 g/mol. The molecular formula is C22H28N4O2. The van der Waals surface area contributed by atoms with Crippen molar-refractivity contribution in [1.82, 2.24) is 19.8 Å². The number of fused-ring (bicyclic) bond motifs is 2. The summed E-state index contributed by atoms with van der Waals surface area (Å²) >= 11 is 0. The summed E-state index contributed by atoms with van der Waals surface area (Å²) in [5, 5.41) is 0. The maximum atomic E-state index is 12.3. The Kier molecular flexibility index (Phi) is 4.83. The lowest BCUT2D eigenvalue weighted by atomic mass is 10.2. The molecule has 2 aliphatic heterocycles. The standard InChI is InChI=1S/C22H28N4O2/c1-15-5-6-16-11-25(13-19(16)23-15)10-9-18-8-7-17-12-26(14-20(17)24-18)21(27)28-22(2,3)4/h5-8H,9-14H2,1-4H3. The van der Waals surface area contributed by atoms with E-state index in [2.05, 4.69) is 34.1 Å². The quantitative estimate of drug-likeness (QED) is 0.814. The molecule has 2 aromatic heterocycles. The number of ether oxygens (including phenoxy) is 1. The largest absolute Gasteiger partial charge is 0.444 e. The maximum absolute atomic E-state index is 12.3. The number of hydrogen-bond donors (Lipinski definition) is 0. The van der Waals surface area contributed by atoms with Gasteiger partial charge in [0, 0.05) is 37.4 Å². The van der Waals surface area contributed by atoms with Crippen LogP contribution in [-0.2, 0) is 37.3 Å². The van der Waals surface area contributed by atoms with Crippen LogP contribution in [0, 0.1) is 6.92 Å². The first-order valence-electron chi connectivity index (χ1n) is 9.90. The van der Waals surface area contributed by atoms with Crippen LogP contribution in [0.1, 0.15) is 54.7 Å². The van der Waals surface area contributed by atoms with Crippen molar-refractivity contribution in [2.75, 3.05) is 6.54 Å². The molecule has 0 aromatic carbocycles. The molecule has 2 aromatic rings.